The monoisotopic (exact) mass is 376 g/mol. The van der Waals surface area contributed by atoms with E-state index in [1.54, 1.807) is 0 Å². The van der Waals surface area contributed by atoms with Crippen molar-refractivity contribution in [1.29, 1.82) is 0 Å². The second-order valence-corrected chi connectivity index (χ2v) is 7.96. The van der Waals surface area contributed by atoms with E-state index in [2.05, 4.69) is 17.4 Å². The molecule has 146 valence electrons. The highest BCUT2D eigenvalue weighted by Crippen LogP contribution is 2.24. The third-order valence-corrected chi connectivity index (χ3v) is 6.06. The molecule has 0 atom stereocenters. The number of rotatable bonds is 4. The summed E-state index contributed by atoms with van der Waals surface area (Å²) in [6, 6.07) is 16.2. The highest BCUT2D eigenvalue weighted by molar-refractivity contribution is 5.94. The maximum absolute atomic E-state index is 12.9. The third kappa shape index (κ3) is 4.27. The Morgan fingerprint density at radius 1 is 0.929 bits per heavy atom. The lowest BCUT2D eigenvalue weighted by atomic mass is 9.90. The van der Waals surface area contributed by atoms with Crippen LogP contribution in [0, 0.1) is 5.92 Å². The van der Waals surface area contributed by atoms with Crippen molar-refractivity contribution in [3.8, 4) is 0 Å². The molecule has 1 aliphatic carbocycles. The first kappa shape index (κ1) is 18.7. The fraction of sp³-hybridized carbons (Fsp3) is 0.417. The number of hydrogen-bond donors (Lipinski definition) is 1. The zero-order valence-electron chi connectivity index (χ0n) is 16.3. The van der Waals surface area contributed by atoms with Crippen molar-refractivity contribution in [3.05, 3.63) is 70.8 Å². The number of benzene rings is 2. The van der Waals surface area contributed by atoms with Gasteiger partial charge in [-0.1, -0.05) is 36.4 Å². The van der Waals surface area contributed by atoms with Gasteiger partial charge in [0.25, 0.3) is 5.91 Å². The van der Waals surface area contributed by atoms with Gasteiger partial charge in [0.2, 0.25) is 5.91 Å². The van der Waals surface area contributed by atoms with Crippen LogP contribution in [0.2, 0.25) is 0 Å². The molecule has 1 N–H and O–H groups in total. The van der Waals surface area contributed by atoms with Gasteiger partial charge in [0.15, 0.2) is 0 Å². The summed E-state index contributed by atoms with van der Waals surface area (Å²) in [4.78, 5) is 27.3. The molecule has 1 fully saturated rings. The van der Waals surface area contributed by atoms with Crippen molar-refractivity contribution in [2.24, 2.45) is 5.92 Å². The van der Waals surface area contributed by atoms with E-state index in [4.69, 9.17) is 0 Å². The van der Waals surface area contributed by atoms with Crippen LogP contribution in [0.25, 0.3) is 0 Å². The van der Waals surface area contributed by atoms with Crippen LogP contribution in [-0.4, -0.2) is 29.8 Å². The highest BCUT2D eigenvalue weighted by atomic mass is 16.2. The minimum Gasteiger partial charge on any atom is -0.352 e. The number of fused-ring (bicyclic) bond motifs is 1. The zero-order chi connectivity index (χ0) is 19.3. The van der Waals surface area contributed by atoms with E-state index in [0.717, 1.165) is 36.8 Å². The number of amides is 2. The summed E-state index contributed by atoms with van der Waals surface area (Å²) >= 11 is 0. The summed E-state index contributed by atoms with van der Waals surface area (Å²) < 4.78 is 0. The molecule has 1 heterocycles. The number of nitrogens with one attached hydrogen (secondary N) is 1. The van der Waals surface area contributed by atoms with Crippen LogP contribution in [-0.2, 0) is 24.2 Å². The predicted molar refractivity (Wildman–Crippen MR) is 110 cm³/mol. The molecule has 2 aromatic rings. The lowest BCUT2D eigenvalue weighted by Gasteiger charge is -2.31. The molecule has 1 saturated heterocycles. The SMILES string of the molecule is O=C(NCc1ccccc1)C1CCN(C(=O)c2ccc3c(c2)CCCC3)CC1. The van der Waals surface area contributed by atoms with E-state index in [1.807, 2.05) is 41.3 Å². The number of aryl methyl sites for hydroxylation is 2. The van der Waals surface area contributed by atoms with Crippen molar-refractivity contribution in [2.75, 3.05) is 13.1 Å². The molecule has 1 aliphatic heterocycles. The summed E-state index contributed by atoms with van der Waals surface area (Å²) in [7, 11) is 0. The quantitative estimate of drug-likeness (QED) is 0.884. The van der Waals surface area contributed by atoms with E-state index >= 15 is 0 Å². The number of carbonyl (C=O) groups is 2. The molecule has 28 heavy (non-hydrogen) atoms. The molecular weight excluding hydrogens is 348 g/mol. The number of hydrogen-bond acceptors (Lipinski definition) is 2. The van der Waals surface area contributed by atoms with Crippen LogP contribution in [0.5, 0.6) is 0 Å². The van der Waals surface area contributed by atoms with Crippen molar-refractivity contribution in [1.82, 2.24) is 10.2 Å². The second-order valence-electron chi connectivity index (χ2n) is 7.96. The van der Waals surface area contributed by atoms with Gasteiger partial charge in [0, 0.05) is 31.1 Å². The van der Waals surface area contributed by atoms with E-state index < -0.39 is 0 Å². The fourth-order valence-corrected chi connectivity index (χ4v) is 4.32. The largest absolute Gasteiger partial charge is 0.352 e. The minimum absolute atomic E-state index is 0.00343. The summed E-state index contributed by atoms with van der Waals surface area (Å²) in [5.41, 5.74) is 4.65. The van der Waals surface area contributed by atoms with E-state index in [-0.39, 0.29) is 17.7 Å². The Hall–Kier alpha value is -2.62. The Morgan fingerprint density at radius 2 is 1.64 bits per heavy atom. The summed E-state index contributed by atoms with van der Waals surface area (Å²) in [6.45, 7) is 1.87. The van der Waals surface area contributed by atoms with Crippen LogP contribution in [0.4, 0.5) is 0 Å². The van der Waals surface area contributed by atoms with Gasteiger partial charge < -0.3 is 10.2 Å². The summed E-state index contributed by atoms with van der Waals surface area (Å²) in [6.07, 6.45) is 6.15. The van der Waals surface area contributed by atoms with Gasteiger partial charge >= 0.3 is 0 Å². The normalized spacial score (nSPS) is 17.1. The van der Waals surface area contributed by atoms with Gasteiger partial charge in [-0.25, -0.2) is 0 Å². The molecule has 0 unspecified atom stereocenters. The fourth-order valence-electron chi connectivity index (χ4n) is 4.32. The lowest BCUT2D eigenvalue weighted by molar-refractivity contribution is -0.126. The Labute approximate surface area is 166 Å². The topological polar surface area (TPSA) is 49.4 Å². The zero-order valence-corrected chi connectivity index (χ0v) is 16.3. The molecule has 4 nitrogen and oxygen atoms in total. The maximum Gasteiger partial charge on any atom is 0.253 e. The first-order valence-electron chi connectivity index (χ1n) is 10.4. The summed E-state index contributed by atoms with van der Waals surface area (Å²) in [5, 5.41) is 3.04. The molecule has 0 radical (unpaired) electrons. The first-order chi connectivity index (χ1) is 13.7. The Balaban J connectivity index is 1.30. The molecule has 0 bridgehead atoms. The second kappa shape index (κ2) is 8.59. The van der Waals surface area contributed by atoms with Crippen molar-refractivity contribution < 1.29 is 9.59 Å². The molecule has 2 amide bonds. The van der Waals surface area contributed by atoms with Crippen molar-refractivity contribution >= 4 is 11.8 Å². The highest BCUT2D eigenvalue weighted by Gasteiger charge is 2.28. The van der Waals surface area contributed by atoms with Crippen LogP contribution in [0.1, 0.15) is 52.7 Å². The standard InChI is InChI=1S/C24H28N2O2/c27-23(25-17-18-6-2-1-3-7-18)20-12-14-26(15-13-20)24(28)22-11-10-19-8-4-5-9-21(19)16-22/h1-3,6-7,10-11,16,20H,4-5,8-9,12-15,17H2,(H,25,27). The number of carbonyl (C=O) groups excluding carboxylic acids is 2. The van der Waals surface area contributed by atoms with Crippen LogP contribution in [0.15, 0.2) is 48.5 Å². The van der Waals surface area contributed by atoms with Crippen molar-refractivity contribution in [3.63, 3.8) is 0 Å². The van der Waals surface area contributed by atoms with Crippen LogP contribution >= 0.6 is 0 Å². The third-order valence-electron chi connectivity index (χ3n) is 6.06. The van der Waals surface area contributed by atoms with Gasteiger partial charge in [0.1, 0.15) is 0 Å². The van der Waals surface area contributed by atoms with Crippen LogP contribution in [0.3, 0.4) is 0 Å². The summed E-state index contributed by atoms with van der Waals surface area (Å²) in [5.74, 6) is 0.206. The van der Waals surface area contributed by atoms with Crippen molar-refractivity contribution in [2.45, 2.75) is 45.1 Å². The first-order valence-corrected chi connectivity index (χ1v) is 10.4. The molecule has 0 aromatic heterocycles. The van der Waals surface area contributed by atoms with Gasteiger partial charge in [-0.05, 0) is 67.3 Å². The van der Waals surface area contributed by atoms with Gasteiger partial charge in [-0.15, -0.1) is 0 Å². The average Bonchev–Trinajstić information content (AvgIpc) is 2.77. The van der Waals surface area contributed by atoms with E-state index in [9.17, 15) is 9.59 Å². The number of nitrogens with zero attached hydrogens (tertiary/aromatic N) is 1. The lowest BCUT2D eigenvalue weighted by Crippen LogP contribution is -2.43. The van der Waals surface area contributed by atoms with Gasteiger partial charge in [-0.2, -0.15) is 0 Å². The molecule has 2 aromatic carbocycles. The molecule has 0 spiro atoms. The molecule has 2 aliphatic rings. The van der Waals surface area contributed by atoms with E-state index in [0.29, 0.717) is 19.6 Å². The Kier molecular flexibility index (Phi) is 5.75. The molecular formula is C24H28N2O2. The van der Waals surface area contributed by atoms with Gasteiger partial charge in [0.05, 0.1) is 0 Å². The minimum atomic E-state index is -0.00343. The molecule has 0 saturated carbocycles. The van der Waals surface area contributed by atoms with Crippen LogP contribution < -0.4 is 5.32 Å². The molecule has 4 rings (SSSR count). The predicted octanol–water partition coefficient (Wildman–Crippen LogP) is 3.73. The van der Waals surface area contributed by atoms with Gasteiger partial charge in [-0.3, -0.25) is 9.59 Å². The Bertz CT molecular complexity index is 839. The number of piperidine rings is 1. The smallest absolute Gasteiger partial charge is 0.253 e. The van der Waals surface area contributed by atoms with E-state index in [1.165, 1.54) is 24.0 Å². The Morgan fingerprint density at radius 3 is 2.39 bits per heavy atom. The molecule has 4 heteroatoms. The average molecular weight is 377 g/mol. The maximum atomic E-state index is 12.9. The number of likely N-dealkylation sites (tertiary alicyclic amines) is 1.